The molecule has 0 aromatic heterocycles. The fourth-order valence-electron chi connectivity index (χ4n) is 4.24. The molecule has 2 aromatic carbocycles. The highest BCUT2D eigenvalue weighted by Crippen LogP contribution is 2.37. The Bertz CT molecular complexity index is 819. The third-order valence-electron chi connectivity index (χ3n) is 6.15. The molecule has 0 N–H and O–H groups in total. The minimum atomic E-state index is -0.385. The van der Waals surface area contributed by atoms with Crippen molar-refractivity contribution < 1.29 is 13.9 Å². The van der Waals surface area contributed by atoms with Crippen molar-refractivity contribution in [2.45, 2.75) is 38.8 Å². The van der Waals surface area contributed by atoms with Gasteiger partial charge in [0.2, 0.25) is 0 Å². The molecule has 2 aliphatic heterocycles. The van der Waals surface area contributed by atoms with E-state index < -0.39 is 0 Å². The van der Waals surface area contributed by atoms with Crippen LogP contribution in [0.1, 0.15) is 43.0 Å². The Morgan fingerprint density at radius 3 is 2.56 bits per heavy atom. The van der Waals surface area contributed by atoms with Crippen LogP contribution in [0.3, 0.4) is 0 Å². The van der Waals surface area contributed by atoms with Crippen molar-refractivity contribution in [3.8, 4) is 0 Å². The first-order chi connectivity index (χ1) is 13.0. The second kappa shape index (κ2) is 7.43. The van der Waals surface area contributed by atoms with Crippen LogP contribution in [0.15, 0.2) is 48.5 Å². The zero-order chi connectivity index (χ0) is 19.0. The van der Waals surface area contributed by atoms with Crippen LogP contribution in [-0.2, 0) is 16.0 Å². The molecule has 142 valence electrons. The zero-order valence-electron chi connectivity index (χ0n) is 15.9. The Morgan fingerprint density at radius 1 is 1.07 bits per heavy atom. The number of benzene rings is 2. The van der Waals surface area contributed by atoms with Crippen LogP contribution >= 0.6 is 0 Å². The summed E-state index contributed by atoms with van der Waals surface area (Å²) >= 11 is 0. The monoisotopic (exact) mass is 367 g/mol. The smallest absolute Gasteiger partial charge is 0.252 e. The van der Waals surface area contributed by atoms with E-state index in [9.17, 15) is 9.18 Å². The van der Waals surface area contributed by atoms with E-state index in [1.807, 2.05) is 17.0 Å². The largest absolute Gasteiger partial charge is 0.368 e. The average molecular weight is 367 g/mol. The number of hydrogen-bond acceptors (Lipinski definition) is 2. The Kier molecular flexibility index (Phi) is 5.00. The highest BCUT2D eigenvalue weighted by atomic mass is 19.1. The van der Waals surface area contributed by atoms with E-state index in [1.54, 1.807) is 12.1 Å². The van der Waals surface area contributed by atoms with Gasteiger partial charge in [-0.1, -0.05) is 50.2 Å². The number of ether oxygens (including phenoxy) is 1. The Hall–Kier alpha value is -2.20. The Balaban J connectivity index is 1.68. The molecule has 4 heteroatoms. The maximum absolute atomic E-state index is 13.5. The van der Waals surface area contributed by atoms with Gasteiger partial charge < -0.3 is 9.64 Å². The summed E-state index contributed by atoms with van der Waals surface area (Å²) in [5, 5.41) is 0. The number of carbonyl (C=O) groups is 1. The van der Waals surface area contributed by atoms with Gasteiger partial charge >= 0.3 is 0 Å². The van der Waals surface area contributed by atoms with Crippen LogP contribution in [-0.4, -0.2) is 30.1 Å². The number of rotatable bonds is 2. The van der Waals surface area contributed by atoms with E-state index in [4.69, 9.17) is 4.74 Å². The van der Waals surface area contributed by atoms with E-state index in [-0.39, 0.29) is 23.9 Å². The molecule has 1 amide bonds. The van der Waals surface area contributed by atoms with Crippen molar-refractivity contribution in [1.82, 2.24) is 4.90 Å². The van der Waals surface area contributed by atoms with Crippen molar-refractivity contribution >= 4 is 5.91 Å². The highest BCUT2D eigenvalue weighted by Gasteiger charge is 2.38. The molecule has 0 aliphatic carbocycles. The van der Waals surface area contributed by atoms with Gasteiger partial charge in [0.25, 0.3) is 5.91 Å². The molecule has 27 heavy (non-hydrogen) atoms. The molecule has 2 heterocycles. The standard InChI is InChI=1S/C23H26FNO2/c1-15-13-21(27-14-16(15)2)23(26)25-12-11-17-5-3-4-6-20(17)22(25)18-7-9-19(24)10-8-18/h3-10,15-16,21-22H,11-14H2,1-2H3/t15-,16+,21+,22-/m0/s1. The van der Waals surface area contributed by atoms with Crippen LogP contribution < -0.4 is 0 Å². The van der Waals surface area contributed by atoms with Crippen LogP contribution in [0.25, 0.3) is 0 Å². The molecule has 0 spiro atoms. The van der Waals surface area contributed by atoms with Gasteiger partial charge in [-0.05, 0) is 53.5 Å². The van der Waals surface area contributed by atoms with Gasteiger partial charge in [0, 0.05) is 6.54 Å². The minimum absolute atomic E-state index is 0.0533. The molecule has 0 radical (unpaired) electrons. The topological polar surface area (TPSA) is 29.5 Å². The summed E-state index contributed by atoms with van der Waals surface area (Å²) in [6.45, 7) is 5.64. The lowest BCUT2D eigenvalue weighted by Gasteiger charge is -2.41. The van der Waals surface area contributed by atoms with E-state index in [0.717, 1.165) is 24.0 Å². The van der Waals surface area contributed by atoms with Gasteiger partial charge in [0.15, 0.2) is 0 Å². The predicted molar refractivity (Wildman–Crippen MR) is 103 cm³/mol. The molecule has 1 saturated heterocycles. The van der Waals surface area contributed by atoms with Gasteiger partial charge in [-0.2, -0.15) is 0 Å². The first-order valence-electron chi connectivity index (χ1n) is 9.80. The summed E-state index contributed by atoms with van der Waals surface area (Å²) in [6.07, 6.45) is 1.21. The van der Waals surface area contributed by atoms with E-state index >= 15 is 0 Å². The van der Waals surface area contributed by atoms with E-state index in [1.165, 1.54) is 17.7 Å². The van der Waals surface area contributed by atoms with Crippen molar-refractivity contribution in [3.05, 3.63) is 71.0 Å². The quantitative estimate of drug-likeness (QED) is 0.789. The lowest BCUT2D eigenvalue weighted by atomic mass is 9.85. The molecule has 1 fully saturated rings. The van der Waals surface area contributed by atoms with E-state index in [0.29, 0.717) is 25.0 Å². The summed E-state index contributed by atoms with van der Waals surface area (Å²) in [4.78, 5) is 15.3. The molecule has 4 rings (SSSR count). The van der Waals surface area contributed by atoms with Gasteiger partial charge in [-0.25, -0.2) is 4.39 Å². The van der Waals surface area contributed by atoms with Gasteiger partial charge in [-0.15, -0.1) is 0 Å². The molecule has 0 bridgehead atoms. The minimum Gasteiger partial charge on any atom is -0.368 e. The van der Waals surface area contributed by atoms with Crippen LogP contribution in [0.5, 0.6) is 0 Å². The Morgan fingerprint density at radius 2 is 1.81 bits per heavy atom. The lowest BCUT2D eigenvalue weighted by Crippen LogP contribution is -2.48. The van der Waals surface area contributed by atoms with Crippen molar-refractivity contribution in [1.29, 1.82) is 0 Å². The highest BCUT2D eigenvalue weighted by molar-refractivity contribution is 5.82. The summed E-state index contributed by atoms with van der Waals surface area (Å²) in [6, 6.07) is 14.6. The predicted octanol–water partition coefficient (Wildman–Crippen LogP) is 4.36. The molecule has 2 aromatic rings. The van der Waals surface area contributed by atoms with Gasteiger partial charge in [0.1, 0.15) is 11.9 Å². The number of halogens is 1. The molecular formula is C23H26FNO2. The summed E-state index contributed by atoms with van der Waals surface area (Å²) in [7, 11) is 0. The fourth-order valence-corrected chi connectivity index (χ4v) is 4.24. The van der Waals surface area contributed by atoms with Gasteiger partial charge in [-0.3, -0.25) is 4.79 Å². The number of amides is 1. The number of carbonyl (C=O) groups excluding carboxylic acids is 1. The molecule has 0 saturated carbocycles. The van der Waals surface area contributed by atoms with Crippen LogP contribution in [0.4, 0.5) is 4.39 Å². The normalized spacial score (nSPS) is 27.9. The van der Waals surface area contributed by atoms with Crippen molar-refractivity contribution in [3.63, 3.8) is 0 Å². The van der Waals surface area contributed by atoms with Crippen LogP contribution in [0.2, 0.25) is 0 Å². The molecular weight excluding hydrogens is 341 g/mol. The maximum Gasteiger partial charge on any atom is 0.252 e. The van der Waals surface area contributed by atoms with Crippen molar-refractivity contribution in [2.75, 3.05) is 13.2 Å². The fraction of sp³-hybridized carbons (Fsp3) is 0.435. The average Bonchev–Trinajstić information content (AvgIpc) is 2.69. The second-order valence-corrected chi connectivity index (χ2v) is 7.95. The van der Waals surface area contributed by atoms with E-state index in [2.05, 4.69) is 26.0 Å². The second-order valence-electron chi connectivity index (χ2n) is 7.95. The SMILES string of the molecule is C[C@@H]1CO[C@@H](C(=O)N2CCc3ccccc3[C@@H]2c2ccc(F)cc2)C[C@@H]1C. The first-order valence-corrected chi connectivity index (χ1v) is 9.80. The third kappa shape index (κ3) is 3.51. The lowest BCUT2D eigenvalue weighted by molar-refractivity contribution is -0.153. The third-order valence-corrected chi connectivity index (χ3v) is 6.15. The number of fused-ring (bicyclic) bond motifs is 1. The molecule has 3 nitrogen and oxygen atoms in total. The zero-order valence-corrected chi connectivity index (χ0v) is 15.9. The molecule has 4 atom stereocenters. The molecule has 0 unspecified atom stereocenters. The van der Waals surface area contributed by atoms with Crippen molar-refractivity contribution in [2.24, 2.45) is 11.8 Å². The van der Waals surface area contributed by atoms with Gasteiger partial charge in [0.05, 0.1) is 12.6 Å². The maximum atomic E-state index is 13.5. The number of hydrogen-bond donors (Lipinski definition) is 0. The Labute approximate surface area is 160 Å². The summed E-state index contributed by atoms with van der Waals surface area (Å²) in [5.74, 6) is 0.731. The number of nitrogens with zero attached hydrogens (tertiary/aromatic N) is 1. The summed E-state index contributed by atoms with van der Waals surface area (Å²) < 4.78 is 19.4. The first kappa shape index (κ1) is 18.2. The van der Waals surface area contributed by atoms with Crippen LogP contribution in [0, 0.1) is 17.7 Å². The summed E-state index contributed by atoms with van der Waals surface area (Å²) in [5.41, 5.74) is 3.32. The molecule has 2 aliphatic rings.